The van der Waals surface area contributed by atoms with Gasteiger partial charge in [0.2, 0.25) is 0 Å². The van der Waals surface area contributed by atoms with Crippen LogP contribution in [0.2, 0.25) is 18.1 Å². The van der Waals surface area contributed by atoms with E-state index in [9.17, 15) is 0 Å². The van der Waals surface area contributed by atoms with Gasteiger partial charge in [0, 0.05) is 6.61 Å². The smallest absolute Gasteiger partial charge is 0.192 e. The zero-order valence-electron chi connectivity index (χ0n) is 13.4. The molecule has 18 heavy (non-hydrogen) atoms. The molecule has 0 aromatic heterocycles. The minimum absolute atomic E-state index is 0.922. The summed E-state index contributed by atoms with van der Waals surface area (Å²) in [6, 6.07) is 3.99. The predicted molar refractivity (Wildman–Crippen MR) is 85.8 cm³/mol. The third-order valence-electron chi connectivity index (χ3n) is 4.23. The second kappa shape index (κ2) is 12.2. The van der Waals surface area contributed by atoms with Crippen molar-refractivity contribution in [3.8, 4) is 0 Å². The highest BCUT2D eigenvalue weighted by molar-refractivity contribution is 6.73. The molecule has 0 aliphatic rings. The third kappa shape index (κ3) is 8.31. The van der Waals surface area contributed by atoms with Gasteiger partial charge >= 0.3 is 0 Å². The highest BCUT2D eigenvalue weighted by Crippen LogP contribution is 2.25. The molecule has 0 aliphatic heterocycles. The lowest BCUT2D eigenvalue weighted by molar-refractivity contribution is 0.318. The van der Waals surface area contributed by atoms with Crippen LogP contribution < -0.4 is 0 Å². The number of hydrogen-bond donors (Lipinski definition) is 0. The first-order valence-electron chi connectivity index (χ1n) is 8.38. The van der Waals surface area contributed by atoms with E-state index in [-0.39, 0.29) is 0 Å². The molecule has 0 aromatic rings. The van der Waals surface area contributed by atoms with Gasteiger partial charge in [0.25, 0.3) is 0 Å². The van der Waals surface area contributed by atoms with Gasteiger partial charge in [0.1, 0.15) is 0 Å². The maximum Gasteiger partial charge on any atom is 0.192 e. The Labute approximate surface area is 117 Å². The van der Waals surface area contributed by atoms with E-state index in [1.54, 1.807) is 0 Å². The highest BCUT2D eigenvalue weighted by atomic mass is 28.4. The molecule has 0 saturated heterocycles. The van der Waals surface area contributed by atoms with E-state index < -0.39 is 8.32 Å². The Balaban J connectivity index is 3.55. The van der Waals surface area contributed by atoms with Gasteiger partial charge in [-0.1, -0.05) is 72.1 Å². The van der Waals surface area contributed by atoms with Crippen molar-refractivity contribution in [1.82, 2.24) is 0 Å². The molecule has 110 valence electrons. The SMILES string of the molecule is CCCCCCCCCC[Si](CC)(CC)OCC. The molecular weight excluding hydrogens is 236 g/mol. The molecule has 0 unspecified atom stereocenters. The third-order valence-corrected chi connectivity index (χ3v) is 8.97. The fourth-order valence-electron chi connectivity index (χ4n) is 2.77. The van der Waals surface area contributed by atoms with Gasteiger partial charge < -0.3 is 4.43 Å². The Morgan fingerprint density at radius 3 is 1.61 bits per heavy atom. The van der Waals surface area contributed by atoms with Gasteiger partial charge in [-0.2, -0.15) is 0 Å². The van der Waals surface area contributed by atoms with Gasteiger partial charge in [-0.05, 0) is 25.1 Å². The number of rotatable bonds is 13. The average Bonchev–Trinajstić information content (AvgIpc) is 2.40. The topological polar surface area (TPSA) is 9.23 Å². The van der Waals surface area contributed by atoms with E-state index in [0.717, 1.165) is 6.61 Å². The molecule has 1 nitrogen and oxygen atoms in total. The quantitative estimate of drug-likeness (QED) is 0.289. The fraction of sp³-hybridized carbons (Fsp3) is 1.00. The minimum atomic E-state index is -1.32. The van der Waals surface area contributed by atoms with Gasteiger partial charge in [-0.25, -0.2) is 0 Å². The molecule has 0 N–H and O–H groups in total. The lowest BCUT2D eigenvalue weighted by Gasteiger charge is -2.28. The van der Waals surface area contributed by atoms with E-state index in [2.05, 4.69) is 27.7 Å². The molecule has 0 saturated carbocycles. The van der Waals surface area contributed by atoms with Crippen LogP contribution in [-0.4, -0.2) is 14.9 Å². The molecule has 2 heteroatoms. The fourth-order valence-corrected chi connectivity index (χ4v) is 6.03. The number of unbranched alkanes of at least 4 members (excludes halogenated alkanes) is 7. The summed E-state index contributed by atoms with van der Waals surface area (Å²) in [6.45, 7) is 10.0. The largest absolute Gasteiger partial charge is 0.417 e. The molecule has 0 spiro atoms. The second-order valence-corrected chi connectivity index (χ2v) is 10.1. The van der Waals surface area contributed by atoms with Crippen LogP contribution in [0.5, 0.6) is 0 Å². The predicted octanol–water partition coefficient (Wildman–Crippen LogP) is 6.15. The maximum absolute atomic E-state index is 6.13. The monoisotopic (exact) mass is 272 g/mol. The maximum atomic E-state index is 6.13. The van der Waals surface area contributed by atoms with Crippen LogP contribution in [0, 0.1) is 0 Å². The Morgan fingerprint density at radius 2 is 1.17 bits per heavy atom. The van der Waals surface area contributed by atoms with Gasteiger partial charge in [0.05, 0.1) is 0 Å². The van der Waals surface area contributed by atoms with Crippen LogP contribution in [-0.2, 0) is 4.43 Å². The molecule has 0 fully saturated rings. The van der Waals surface area contributed by atoms with Crippen LogP contribution in [0.3, 0.4) is 0 Å². The van der Waals surface area contributed by atoms with Crippen molar-refractivity contribution >= 4 is 8.32 Å². The Kier molecular flexibility index (Phi) is 12.3. The first kappa shape index (κ1) is 18.2. The van der Waals surface area contributed by atoms with E-state index in [1.807, 2.05) is 0 Å². The summed E-state index contributed by atoms with van der Waals surface area (Å²) < 4.78 is 6.13. The minimum Gasteiger partial charge on any atom is -0.417 e. The van der Waals surface area contributed by atoms with Crippen molar-refractivity contribution in [2.75, 3.05) is 6.61 Å². The average molecular weight is 273 g/mol. The van der Waals surface area contributed by atoms with E-state index in [0.29, 0.717) is 0 Å². The van der Waals surface area contributed by atoms with Crippen molar-refractivity contribution in [3.05, 3.63) is 0 Å². The summed E-state index contributed by atoms with van der Waals surface area (Å²) in [6.07, 6.45) is 11.4. The van der Waals surface area contributed by atoms with Gasteiger partial charge in [-0.15, -0.1) is 0 Å². The summed E-state index contributed by atoms with van der Waals surface area (Å²) in [5.41, 5.74) is 0. The van der Waals surface area contributed by atoms with Crippen molar-refractivity contribution in [1.29, 1.82) is 0 Å². The van der Waals surface area contributed by atoms with Crippen LogP contribution >= 0.6 is 0 Å². The first-order chi connectivity index (χ1) is 8.74. The van der Waals surface area contributed by atoms with Crippen LogP contribution in [0.15, 0.2) is 0 Å². The molecule has 0 amide bonds. The molecule has 0 radical (unpaired) electrons. The lowest BCUT2D eigenvalue weighted by Crippen LogP contribution is -2.36. The summed E-state index contributed by atoms with van der Waals surface area (Å²) in [4.78, 5) is 0. The zero-order chi connectivity index (χ0) is 13.7. The summed E-state index contributed by atoms with van der Waals surface area (Å²) >= 11 is 0. The Hall–Kier alpha value is 0.177. The van der Waals surface area contributed by atoms with Gasteiger partial charge in [0.15, 0.2) is 8.32 Å². The van der Waals surface area contributed by atoms with E-state index >= 15 is 0 Å². The van der Waals surface area contributed by atoms with Gasteiger partial charge in [-0.3, -0.25) is 0 Å². The van der Waals surface area contributed by atoms with Crippen molar-refractivity contribution < 1.29 is 4.43 Å². The highest BCUT2D eigenvalue weighted by Gasteiger charge is 2.29. The molecule has 0 heterocycles. The summed E-state index contributed by atoms with van der Waals surface area (Å²) in [5.74, 6) is 0. The van der Waals surface area contributed by atoms with Crippen molar-refractivity contribution in [2.45, 2.75) is 97.2 Å². The van der Waals surface area contributed by atoms with Crippen molar-refractivity contribution in [2.24, 2.45) is 0 Å². The van der Waals surface area contributed by atoms with Crippen LogP contribution in [0.4, 0.5) is 0 Å². The molecule has 0 bridgehead atoms. The molecular formula is C16H36OSi. The zero-order valence-corrected chi connectivity index (χ0v) is 14.4. The van der Waals surface area contributed by atoms with E-state index in [1.165, 1.54) is 69.5 Å². The molecule has 0 rings (SSSR count). The Bertz CT molecular complexity index is 166. The molecule has 0 atom stereocenters. The number of hydrogen-bond acceptors (Lipinski definition) is 1. The summed E-state index contributed by atoms with van der Waals surface area (Å²) in [7, 11) is -1.32. The van der Waals surface area contributed by atoms with E-state index in [4.69, 9.17) is 4.43 Å². The second-order valence-electron chi connectivity index (χ2n) is 5.55. The Morgan fingerprint density at radius 1 is 0.667 bits per heavy atom. The lowest BCUT2D eigenvalue weighted by atomic mass is 10.1. The standard InChI is InChI=1S/C16H36OSi/c1-5-9-10-11-12-13-14-15-16-18(7-3,8-4)17-6-2/h5-16H2,1-4H3. The van der Waals surface area contributed by atoms with Crippen LogP contribution in [0.25, 0.3) is 0 Å². The first-order valence-corrected chi connectivity index (χ1v) is 10.9. The molecule has 0 aliphatic carbocycles. The van der Waals surface area contributed by atoms with Crippen molar-refractivity contribution in [3.63, 3.8) is 0 Å². The summed E-state index contributed by atoms with van der Waals surface area (Å²) in [5, 5.41) is 0. The normalized spacial score (nSPS) is 12.0. The molecule has 0 aromatic carbocycles. The van der Waals surface area contributed by atoms with Crippen LogP contribution in [0.1, 0.15) is 79.1 Å².